The minimum atomic E-state index is -1.09. The topological polar surface area (TPSA) is 84.7 Å². The Balaban J connectivity index is 1.43. The first-order valence-electron chi connectivity index (χ1n) is 9.86. The predicted octanol–water partition coefficient (Wildman–Crippen LogP) is 3.69. The number of amides is 3. The van der Waals surface area contributed by atoms with Gasteiger partial charge in [-0.2, -0.15) is 0 Å². The highest BCUT2D eigenvalue weighted by Crippen LogP contribution is 2.41. The largest absolute Gasteiger partial charge is 0.493 e. The van der Waals surface area contributed by atoms with Crippen LogP contribution in [-0.4, -0.2) is 28.4 Å². The smallest absolute Gasteiger partial charge is 0.325 e. The molecule has 7 heteroatoms. The van der Waals surface area contributed by atoms with E-state index in [1.165, 1.54) is 11.2 Å². The number of rotatable bonds is 3. The molecule has 0 saturated carbocycles. The molecule has 0 aliphatic carbocycles. The fraction of sp³-hybridized carbons (Fsp3) is 0.261. The van der Waals surface area contributed by atoms with E-state index in [0.717, 1.165) is 16.7 Å². The van der Waals surface area contributed by atoms with Gasteiger partial charge in [0, 0.05) is 17.5 Å². The number of carbonyl (C=O) groups is 2. The van der Waals surface area contributed by atoms with Gasteiger partial charge in [-0.3, -0.25) is 9.69 Å². The maximum atomic E-state index is 13.4. The molecular formula is C23H21N3O4. The quantitative estimate of drug-likeness (QED) is 0.674. The number of benzene rings is 2. The van der Waals surface area contributed by atoms with Crippen LogP contribution in [0, 0.1) is 13.8 Å². The van der Waals surface area contributed by atoms with Crippen molar-refractivity contribution < 1.29 is 18.7 Å². The molecule has 0 bridgehead atoms. The van der Waals surface area contributed by atoms with Crippen molar-refractivity contribution in [3.8, 4) is 17.2 Å². The van der Waals surface area contributed by atoms with Crippen molar-refractivity contribution in [1.29, 1.82) is 0 Å². The number of hydrogen-bond acceptors (Lipinski definition) is 5. The maximum Gasteiger partial charge on any atom is 0.325 e. The molecule has 5 rings (SSSR count). The lowest BCUT2D eigenvalue weighted by Gasteiger charge is -2.33. The molecule has 2 aromatic carbocycles. The highest BCUT2D eigenvalue weighted by molar-refractivity contribution is 6.07. The number of para-hydroxylation sites is 1. The van der Waals surface area contributed by atoms with Gasteiger partial charge in [0.1, 0.15) is 12.0 Å². The first-order valence-corrected chi connectivity index (χ1v) is 9.86. The molecule has 152 valence electrons. The molecule has 1 atom stereocenters. The second kappa shape index (κ2) is 6.73. The molecule has 1 spiro atoms. The second-order valence-corrected chi connectivity index (χ2v) is 7.78. The molecule has 2 aliphatic rings. The molecule has 2 aliphatic heterocycles. The van der Waals surface area contributed by atoms with Gasteiger partial charge in [-0.05, 0) is 31.5 Å². The summed E-state index contributed by atoms with van der Waals surface area (Å²) in [5, 5.41) is 2.90. The van der Waals surface area contributed by atoms with E-state index < -0.39 is 11.6 Å². The van der Waals surface area contributed by atoms with Crippen LogP contribution in [-0.2, 0) is 16.9 Å². The van der Waals surface area contributed by atoms with Crippen LogP contribution in [0.25, 0.3) is 11.5 Å². The number of carbonyl (C=O) groups excluding carboxylic acids is 2. The third kappa shape index (κ3) is 2.77. The number of ether oxygens (including phenoxy) is 1. The molecule has 1 saturated heterocycles. The van der Waals surface area contributed by atoms with Gasteiger partial charge in [0.2, 0.25) is 5.89 Å². The van der Waals surface area contributed by atoms with Crippen LogP contribution in [0.15, 0.2) is 53.1 Å². The number of imide groups is 1. The van der Waals surface area contributed by atoms with Gasteiger partial charge < -0.3 is 14.5 Å². The Morgan fingerprint density at radius 3 is 2.83 bits per heavy atom. The van der Waals surface area contributed by atoms with Crippen molar-refractivity contribution in [1.82, 2.24) is 15.2 Å². The van der Waals surface area contributed by atoms with Gasteiger partial charge >= 0.3 is 6.03 Å². The lowest BCUT2D eigenvalue weighted by molar-refractivity contribution is -0.133. The summed E-state index contributed by atoms with van der Waals surface area (Å²) in [6, 6.07) is 12.9. The third-order valence-electron chi connectivity index (χ3n) is 5.74. The predicted molar refractivity (Wildman–Crippen MR) is 109 cm³/mol. The average molecular weight is 403 g/mol. The summed E-state index contributed by atoms with van der Waals surface area (Å²) in [6.07, 6.45) is 1.88. The maximum absolute atomic E-state index is 13.4. The monoisotopic (exact) mass is 403 g/mol. The summed E-state index contributed by atoms with van der Waals surface area (Å²) < 4.78 is 11.3. The number of aryl methyl sites for hydroxylation is 2. The summed E-state index contributed by atoms with van der Waals surface area (Å²) in [7, 11) is 0. The van der Waals surface area contributed by atoms with Gasteiger partial charge in [-0.25, -0.2) is 9.78 Å². The van der Waals surface area contributed by atoms with Crippen LogP contribution < -0.4 is 10.1 Å². The molecule has 3 aromatic rings. The number of aromatic nitrogens is 1. The molecule has 0 radical (unpaired) electrons. The zero-order valence-corrected chi connectivity index (χ0v) is 16.8. The normalized spacial score (nSPS) is 20.3. The fourth-order valence-corrected chi connectivity index (χ4v) is 4.23. The Kier molecular flexibility index (Phi) is 4.13. The van der Waals surface area contributed by atoms with Gasteiger partial charge in [0.25, 0.3) is 5.91 Å². The number of fused-ring (bicyclic) bond motifs is 2. The summed E-state index contributed by atoms with van der Waals surface area (Å²) >= 11 is 0. The van der Waals surface area contributed by atoms with Crippen molar-refractivity contribution >= 4 is 11.9 Å². The van der Waals surface area contributed by atoms with Crippen molar-refractivity contribution in [2.24, 2.45) is 0 Å². The first kappa shape index (κ1) is 18.4. The first-order chi connectivity index (χ1) is 14.5. The standard InChI is InChI=1S/C23H21N3O4/c1-14-7-8-17(15(2)11-14)20-24-16(13-30-20)12-26-21(27)23(25-22(26)28)9-10-29-19-6-4-3-5-18(19)23/h3-8,11,13H,9-10,12H2,1-2H3,(H,25,28). The zero-order chi connectivity index (χ0) is 20.9. The molecule has 3 amide bonds. The number of nitrogens with zero attached hydrogens (tertiary/aromatic N) is 2. The van der Waals surface area contributed by atoms with E-state index in [1.807, 2.05) is 50.2 Å². The van der Waals surface area contributed by atoms with E-state index in [9.17, 15) is 9.59 Å². The van der Waals surface area contributed by atoms with Gasteiger partial charge in [0.15, 0.2) is 5.54 Å². The van der Waals surface area contributed by atoms with Gasteiger partial charge in [-0.15, -0.1) is 0 Å². The Morgan fingerprint density at radius 1 is 1.17 bits per heavy atom. The van der Waals surface area contributed by atoms with E-state index in [4.69, 9.17) is 9.15 Å². The Bertz CT molecular complexity index is 1170. The third-order valence-corrected chi connectivity index (χ3v) is 5.74. The number of urea groups is 1. The summed E-state index contributed by atoms with van der Waals surface area (Å²) in [5.74, 6) is 0.804. The number of nitrogens with one attached hydrogen (secondary N) is 1. The second-order valence-electron chi connectivity index (χ2n) is 7.78. The molecule has 1 N–H and O–H groups in total. The van der Waals surface area contributed by atoms with Gasteiger partial charge in [0.05, 0.1) is 18.8 Å². The zero-order valence-electron chi connectivity index (χ0n) is 16.8. The molecule has 3 heterocycles. The van der Waals surface area contributed by atoms with Crippen LogP contribution in [0.5, 0.6) is 5.75 Å². The lowest BCUT2D eigenvalue weighted by atomic mass is 9.84. The summed E-state index contributed by atoms with van der Waals surface area (Å²) in [6.45, 7) is 4.43. The minimum absolute atomic E-state index is 0.0455. The van der Waals surface area contributed by atoms with E-state index in [2.05, 4.69) is 16.4 Å². The SMILES string of the molecule is Cc1ccc(-c2nc(CN3C(=O)NC4(CCOc5ccccc54)C3=O)co2)c(C)c1. The molecule has 7 nitrogen and oxygen atoms in total. The van der Waals surface area contributed by atoms with Crippen molar-refractivity contribution in [2.45, 2.75) is 32.4 Å². The summed E-state index contributed by atoms with van der Waals surface area (Å²) in [5.41, 5.74) is 3.21. The molecule has 1 unspecified atom stereocenters. The number of oxazole rings is 1. The lowest BCUT2D eigenvalue weighted by Crippen LogP contribution is -2.47. The van der Waals surface area contributed by atoms with Crippen LogP contribution >= 0.6 is 0 Å². The molecule has 30 heavy (non-hydrogen) atoms. The van der Waals surface area contributed by atoms with Crippen molar-refractivity contribution in [3.05, 3.63) is 71.1 Å². The van der Waals surface area contributed by atoms with Crippen LogP contribution in [0.2, 0.25) is 0 Å². The molecule has 1 fully saturated rings. The van der Waals surface area contributed by atoms with E-state index >= 15 is 0 Å². The minimum Gasteiger partial charge on any atom is -0.493 e. The Labute approximate surface area is 173 Å². The number of hydrogen-bond donors (Lipinski definition) is 1. The van der Waals surface area contributed by atoms with Crippen molar-refractivity contribution in [3.63, 3.8) is 0 Å². The van der Waals surface area contributed by atoms with E-state index in [-0.39, 0.29) is 12.5 Å². The molecular weight excluding hydrogens is 382 g/mol. The highest BCUT2D eigenvalue weighted by Gasteiger charge is 2.54. The Hall–Kier alpha value is -3.61. The van der Waals surface area contributed by atoms with Crippen LogP contribution in [0.1, 0.15) is 28.8 Å². The molecule has 1 aromatic heterocycles. The van der Waals surface area contributed by atoms with Crippen LogP contribution in [0.3, 0.4) is 0 Å². The van der Waals surface area contributed by atoms with Crippen LogP contribution in [0.4, 0.5) is 4.79 Å². The van der Waals surface area contributed by atoms with E-state index in [0.29, 0.717) is 35.9 Å². The van der Waals surface area contributed by atoms with Crippen molar-refractivity contribution in [2.75, 3.05) is 6.61 Å². The fourth-order valence-electron chi connectivity index (χ4n) is 4.23. The summed E-state index contributed by atoms with van der Waals surface area (Å²) in [4.78, 5) is 31.8. The highest BCUT2D eigenvalue weighted by atomic mass is 16.5. The van der Waals surface area contributed by atoms with E-state index in [1.54, 1.807) is 0 Å². The Morgan fingerprint density at radius 2 is 2.00 bits per heavy atom. The van der Waals surface area contributed by atoms with Gasteiger partial charge in [-0.1, -0.05) is 35.9 Å². The average Bonchev–Trinajstić information content (AvgIpc) is 3.28.